The second-order valence-electron chi connectivity index (χ2n) is 3.78. The van der Waals surface area contributed by atoms with E-state index in [0.717, 1.165) is 0 Å². The zero-order valence-electron chi connectivity index (χ0n) is 10.1. The molecule has 0 bridgehead atoms. The zero-order chi connectivity index (χ0) is 14.5. The van der Waals surface area contributed by atoms with Crippen LogP contribution < -0.4 is 4.74 Å². The molecule has 0 N–H and O–H groups in total. The molecule has 0 amide bonds. The number of alkyl halides is 2. The minimum atomic E-state index is -2.93. The third-order valence-electron chi connectivity index (χ3n) is 2.58. The van der Waals surface area contributed by atoms with Crippen LogP contribution in [-0.2, 0) is 6.54 Å². The molecule has 0 saturated carbocycles. The Labute approximate surface area is 113 Å². The van der Waals surface area contributed by atoms with Gasteiger partial charge in [0.15, 0.2) is 11.4 Å². The molecule has 0 aliphatic heterocycles. The van der Waals surface area contributed by atoms with Gasteiger partial charge in [-0.1, -0.05) is 18.2 Å². The quantitative estimate of drug-likeness (QED) is 0.857. The predicted octanol–water partition coefficient (Wildman–Crippen LogP) is 2.28. The summed E-state index contributed by atoms with van der Waals surface area (Å²) in [6.45, 7) is -2.82. The molecule has 0 spiro atoms. The second-order valence-corrected chi connectivity index (χ2v) is 3.78. The summed E-state index contributed by atoms with van der Waals surface area (Å²) in [4.78, 5) is 3.78. The fourth-order valence-electron chi connectivity index (χ4n) is 1.73. The summed E-state index contributed by atoms with van der Waals surface area (Å²) in [5.41, 5.74) is 0.547. The fourth-order valence-corrected chi connectivity index (χ4v) is 1.73. The first-order valence-corrected chi connectivity index (χ1v) is 5.53. The van der Waals surface area contributed by atoms with Crippen LogP contribution in [0.4, 0.5) is 8.78 Å². The Morgan fingerprint density at radius 3 is 2.65 bits per heavy atom. The summed E-state index contributed by atoms with van der Waals surface area (Å²) in [5, 5.41) is 17.8. The van der Waals surface area contributed by atoms with Crippen molar-refractivity contribution in [2.75, 3.05) is 0 Å². The molecule has 0 saturated heterocycles. The van der Waals surface area contributed by atoms with Crippen molar-refractivity contribution in [3.05, 3.63) is 47.5 Å². The van der Waals surface area contributed by atoms with Crippen molar-refractivity contribution in [1.29, 1.82) is 10.5 Å². The first-order valence-electron chi connectivity index (χ1n) is 5.53. The number of aromatic nitrogens is 2. The number of hydrogen-bond donors (Lipinski definition) is 0. The lowest BCUT2D eigenvalue weighted by molar-refractivity contribution is -0.0504. The Balaban J connectivity index is 2.34. The van der Waals surface area contributed by atoms with Gasteiger partial charge < -0.3 is 9.30 Å². The molecule has 7 heteroatoms. The first kappa shape index (κ1) is 13.5. The molecule has 0 fully saturated rings. The van der Waals surface area contributed by atoms with Gasteiger partial charge in [0.1, 0.15) is 17.9 Å². The van der Waals surface area contributed by atoms with Crippen LogP contribution in [0.3, 0.4) is 0 Å². The normalized spacial score (nSPS) is 10.1. The van der Waals surface area contributed by atoms with Crippen LogP contribution in [0.1, 0.15) is 17.0 Å². The minimum absolute atomic E-state index is 0.000223. The van der Waals surface area contributed by atoms with Crippen molar-refractivity contribution in [1.82, 2.24) is 9.55 Å². The molecule has 1 heterocycles. The summed E-state index contributed by atoms with van der Waals surface area (Å²) in [6, 6.07) is 9.91. The lowest BCUT2D eigenvalue weighted by Gasteiger charge is -2.11. The van der Waals surface area contributed by atoms with E-state index in [-0.39, 0.29) is 23.7 Å². The number of imidazole rings is 1. The van der Waals surface area contributed by atoms with Gasteiger partial charge in [-0.05, 0) is 6.07 Å². The van der Waals surface area contributed by atoms with E-state index in [1.807, 2.05) is 6.07 Å². The van der Waals surface area contributed by atoms with Crippen molar-refractivity contribution in [2.24, 2.45) is 0 Å². The van der Waals surface area contributed by atoms with Gasteiger partial charge in [0.2, 0.25) is 0 Å². The highest BCUT2D eigenvalue weighted by Crippen LogP contribution is 2.22. The third-order valence-corrected chi connectivity index (χ3v) is 2.58. The molecule has 1 aromatic heterocycles. The highest BCUT2D eigenvalue weighted by atomic mass is 19.3. The van der Waals surface area contributed by atoms with Gasteiger partial charge >= 0.3 is 6.61 Å². The number of rotatable bonds is 4. The number of nitriles is 2. The van der Waals surface area contributed by atoms with Gasteiger partial charge in [-0.15, -0.1) is 0 Å². The first-order chi connectivity index (χ1) is 9.65. The van der Waals surface area contributed by atoms with E-state index in [2.05, 4.69) is 9.72 Å². The van der Waals surface area contributed by atoms with E-state index >= 15 is 0 Å². The van der Waals surface area contributed by atoms with Crippen LogP contribution in [-0.4, -0.2) is 16.2 Å². The predicted molar refractivity (Wildman–Crippen MR) is 63.8 cm³/mol. The number of para-hydroxylation sites is 1. The number of nitrogens with zero attached hydrogens (tertiary/aromatic N) is 4. The number of hydrogen-bond acceptors (Lipinski definition) is 4. The standard InChI is InChI=1S/C13H8F2N4O/c14-13(15)20-12-4-2-1-3-9(12)7-19-8-18-10(5-16)11(19)6-17/h1-4,8,13H,7H2. The molecule has 0 aliphatic carbocycles. The van der Waals surface area contributed by atoms with Crippen molar-refractivity contribution < 1.29 is 13.5 Å². The average Bonchev–Trinajstić information content (AvgIpc) is 2.82. The van der Waals surface area contributed by atoms with Crippen molar-refractivity contribution in [3.63, 3.8) is 0 Å². The van der Waals surface area contributed by atoms with E-state index in [4.69, 9.17) is 10.5 Å². The molecule has 5 nitrogen and oxygen atoms in total. The maximum absolute atomic E-state index is 12.3. The molecule has 20 heavy (non-hydrogen) atoms. The largest absolute Gasteiger partial charge is 0.434 e. The molecule has 100 valence electrons. The summed E-state index contributed by atoms with van der Waals surface area (Å²) in [7, 11) is 0. The van der Waals surface area contributed by atoms with E-state index in [1.54, 1.807) is 24.3 Å². The Morgan fingerprint density at radius 1 is 1.25 bits per heavy atom. The Bertz CT molecular complexity index is 697. The molecule has 0 aliphatic rings. The Hall–Kier alpha value is -2.93. The highest BCUT2D eigenvalue weighted by molar-refractivity contribution is 5.38. The smallest absolute Gasteiger partial charge is 0.387 e. The highest BCUT2D eigenvalue weighted by Gasteiger charge is 2.13. The molecule has 2 rings (SSSR count). The number of benzene rings is 1. The van der Waals surface area contributed by atoms with E-state index in [9.17, 15) is 8.78 Å². The molecule has 0 unspecified atom stereocenters. The van der Waals surface area contributed by atoms with Crippen LogP contribution in [0.2, 0.25) is 0 Å². The number of ether oxygens (including phenoxy) is 1. The van der Waals surface area contributed by atoms with E-state index in [1.165, 1.54) is 17.0 Å². The summed E-state index contributed by atoms with van der Waals surface area (Å²) in [6.07, 6.45) is 1.32. The van der Waals surface area contributed by atoms with E-state index < -0.39 is 6.61 Å². The minimum Gasteiger partial charge on any atom is -0.434 e. The molecule has 0 atom stereocenters. The van der Waals surface area contributed by atoms with Crippen molar-refractivity contribution in [3.8, 4) is 17.9 Å². The molecule has 1 aromatic carbocycles. The van der Waals surface area contributed by atoms with Crippen molar-refractivity contribution in [2.45, 2.75) is 13.2 Å². The lowest BCUT2D eigenvalue weighted by Crippen LogP contribution is -2.07. The molecular formula is C13H8F2N4O. The van der Waals surface area contributed by atoms with Crippen molar-refractivity contribution >= 4 is 0 Å². The van der Waals surface area contributed by atoms with Crippen LogP contribution in [0.5, 0.6) is 5.75 Å². The third kappa shape index (κ3) is 2.73. The van der Waals surface area contributed by atoms with Crippen LogP contribution in [0, 0.1) is 22.7 Å². The van der Waals surface area contributed by atoms with Gasteiger partial charge in [-0.25, -0.2) is 4.98 Å². The van der Waals surface area contributed by atoms with Gasteiger partial charge in [0, 0.05) is 5.56 Å². The summed E-state index contributed by atoms with van der Waals surface area (Å²) < 4.78 is 30.4. The summed E-state index contributed by atoms with van der Waals surface area (Å²) in [5.74, 6) is 0.0265. The zero-order valence-corrected chi connectivity index (χ0v) is 10.1. The molecular weight excluding hydrogens is 266 g/mol. The van der Waals surface area contributed by atoms with Crippen LogP contribution in [0.25, 0.3) is 0 Å². The van der Waals surface area contributed by atoms with Gasteiger partial charge in [0.25, 0.3) is 0 Å². The number of halogens is 2. The second kappa shape index (κ2) is 5.81. The SMILES string of the molecule is N#Cc1ncn(Cc2ccccc2OC(F)F)c1C#N. The molecule has 0 radical (unpaired) electrons. The average molecular weight is 274 g/mol. The summed E-state index contributed by atoms with van der Waals surface area (Å²) >= 11 is 0. The fraction of sp³-hybridized carbons (Fsp3) is 0.154. The van der Waals surface area contributed by atoms with Gasteiger partial charge in [0.05, 0.1) is 12.9 Å². The topological polar surface area (TPSA) is 74.6 Å². The van der Waals surface area contributed by atoms with Crippen LogP contribution in [0.15, 0.2) is 30.6 Å². The van der Waals surface area contributed by atoms with Gasteiger partial charge in [-0.3, -0.25) is 0 Å². The maximum Gasteiger partial charge on any atom is 0.387 e. The maximum atomic E-state index is 12.3. The van der Waals surface area contributed by atoms with Crippen LogP contribution >= 0.6 is 0 Å². The molecule has 2 aromatic rings. The monoisotopic (exact) mass is 274 g/mol. The Morgan fingerprint density at radius 2 is 2.00 bits per heavy atom. The lowest BCUT2D eigenvalue weighted by atomic mass is 10.2. The van der Waals surface area contributed by atoms with Gasteiger partial charge in [-0.2, -0.15) is 19.3 Å². The van der Waals surface area contributed by atoms with E-state index in [0.29, 0.717) is 5.56 Å². The Kier molecular flexibility index (Phi) is 3.92.